The summed E-state index contributed by atoms with van der Waals surface area (Å²) in [6.07, 6.45) is 0.518. The van der Waals surface area contributed by atoms with Crippen LogP contribution >= 0.6 is 0 Å². The van der Waals surface area contributed by atoms with Gasteiger partial charge in [0.2, 0.25) is 0 Å². The third-order valence-electron chi connectivity index (χ3n) is 5.82. The van der Waals surface area contributed by atoms with Gasteiger partial charge < -0.3 is 19.3 Å². The predicted molar refractivity (Wildman–Crippen MR) is 132 cm³/mol. The van der Waals surface area contributed by atoms with Crippen LogP contribution in [-0.4, -0.2) is 30.4 Å². The largest absolute Gasteiger partial charge is 0.493 e. The summed E-state index contributed by atoms with van der Waals surface area (Å²) in [6.45, 7) is 3.72. The van der Waals surface area contributed by atoms with E-state index >= 15 is 0 Å². The summed E-state index contributed by atoms with van der Waals surface area (Å²) < 4.78 is 17.1. The summed E-state index contributed by atoms with van der Waals surface area (Å²) in [7, 11) is 3.13. The van der Waals surface area contributed by atoms with Gasteiger partial charge in [0.1, 0.15) is 11.5 Å². The quantitative estimate of drug-likeness (QED) is 0.351. The van der Waals surface area contributed by atoms with Crippen molar-refractivity contribution in [2.45, 2.75) is 13.8 Å². The number of hydrogen-bond acceptors (Lipinski definition) is 6. The number of carbonyl (C=O) groups is 1. The van der Waals surface area contributed by atoms with E-state index in [1.165, 1.54) is 4.90 Å². The number of nitriles is 1. The van der Waals surface area contributed by atoms with Crippen LogP contribution in [0.3, 0.4) is 0 Å². The Morgan fingerprint density at radius 1 is 0.914 bits per heavy atom. The van der Waals surface area contributed by atoms with E-state index in [1.807, 2.05) is 26.0 Å². The van der Waals surface area contributed by atoms with E-state index in [0.29, 0.717) is 45.5 Å². The Hall–Kier alpha value is -4.77. The van der Waals surface area contributed by atoms with Crippen LogP contribution in [0.15, 0.2) is 60.8 Å². The van der Waals surface area contributed by atoms with Crippen LogP contribution in [-0.2, 0) is 0 Å². The van der Waals surface area contributed by atoms with Crippen molar-refractivity contribution in [3.05, 3.63) is 77.5 Å². The van der Waals surface area contributed by atoms with Gasteiger partial charge in [0.25, 0.3) is 0 Å². The first-order valence-corrected chi connectivity index (χ1v) is 10.7. The first-order chi connectivity index (χ1) is 16.9. The monoisotopic (exact) mass is 469 g/mol. The van der Waals surface area contributed by atoms with Gasteiger partial charge in [-0.3, -0.25) is 4.98 Å². The minimum atomic E-state index is -1.13. The molecule has 0 fully saturated rings. The molecule has 1 amide bonds. The second kappa shape index (κ2) is 9.61. The molecule has 0 spiro atoms. The van der Waals surface area contributed by atoms with Gasteiger partial charge >= 0.3 is 6.09 Å². The smallest absolute Gasteiger partial charge is 0.416 e. The lowest BCUT2D eigenvalue weighted by molar-refractivity contribution is 0.204. The summed E-state index contributed by atoms with van der Waals surface area (Å²) >= 11 is 0. The summed E-state index contributed by atoms with van der Waals surface area (Å²) in [5.74, 6) is 2.28. The highest BCUT2D eigenvalue weighted by Gasteiger charge is 2.21. The standard InChI is InChI=1S/C27H23N3O5/c1-16-17(2)23(10-9-22(16)30(27(31)32)19-7-5-18(15-28)6-8-19)35-24-11-12-29-21-14-26(34-4)25(33-3)13-20(21)24/h5-14H,1-4H3,(H,31,32). The number of hydrogen-bond donors (Lipinski definition) is 1. The molecular formula is C27H23N3O5. The molecule has 4 aromatic rings. The number of anilines is 2. The molecule has 176 valence electrons. The molecule has 0 aliphatic carbocycles. The number of nitrogens with zero attached hydrogens (tertiary/aromatic N) is 3. The number of amides is 1. The van der Waals surface area contributed by atoms with Crippen LogP contribution in [0.4, 0.5) is 16.2 Å². The molecule has 3 aromatic carbocycles. The fraction of sp³-hybridized carbons (Fsp3) is 0.148. The number of pyridine rings is 1. The summed E-state index contributed by atoms with van der Waals surface area (Å²) in [4.78, 5) is 17.7. The lowest BCUT2D eigenvalue weighted by Crippen LogP contribution is -2.24. The normalized spacial score (nSPS) is 10.5. The maximum Gasteiger partial charge on any atom is 0.416 e. The molecular weight excluding hydrogens is 446 g/mol. The number of fused-ring (bicyclic) bond motifs is 1. The van der Waals surface area contributed by atoms with Gasteiger partial charge in [-0.25, -0.2) is 9.69 Å². The van der Waals surface area contributed by atoms with E-state index in [0.717, 1.165) is 16.5 Å². The van der Waals surface area contributed by atoms with E-state index < -0.39 is 6.09 Å². The molecule has 0 radical (unpaired) electrons. The molecule has 4 rings (SSSR count). The van der Waals surface area contributed by atoms with Crippen molar-refractivity contribution in [3.8, 4) is 29.1 Å². The molecule has 0 aliphatic rings. The molecule has 0 atom stereocenters. The van der Waals surface area contributed by atoms with Crippen molar-refractivity contribution >= 4 is 28.4 Å². The molecule has 0 unspecified atom stereocenters. The van der Waals surface area contributed by atoms with Gasteiger partial charge in [0.15, 0.2) is 11.5 Å². The Bertz CT molecular complexity index is 1460. The maximum atomic E-state index is 12.2. The van der Waals surface area contributed by atoms with Crippen molar-refractivity contribution in [2.75, 3.05) is 19.1 Å². The van der Waals surface area contributed by atoms with Crippen molar-refractivity contribution in [1.29, 1.82) is 5.26 Å². The molecule has 8 nitrogen and oxygen atoms in total. The molecule has 0 aliphatic heterocycles. The van der Waals surface area contributed by atoms with Gasteiger partial charge in [-0.2, -0.15) is 5.26 Å². The maximum absolute atomic E-state index is 12.2. The first kappa shape index (κ1) is 23.4. The lowest BCUT2D eigenvalue weighted by Gasteiger charge is -2.23. The number of ether oxygens (including phenoxy) is 3. The zero-order chi connectivity index (χ0) is 25.1. The van der Waals surface area contributed by atoms with Crippen LogP contribution < -0.4 is 19.1 Å². The lowest BCUT2D eigenvalue weighted by atomic mass is 10.0. The third kappa shape index (κ3) is 4.39. The number of methoxy groups -OCH3 is 2. The summed E-state index contributed by atoms with van der Waals surface area (Å²) in [5, 5.41) is 19.7. The molecule has 8 heteroatoms. The van der Waals surface area contributed by atoms with Gasteiger partial charge in [-0.15, -0.1) is 0 Å². The predicted octanol–water partition coefficient (Wildman–Crippen LogP) is 6.35. The zero-order valence-corrected chi connectivity index (χ0v) is 19.7. The van der Waals surface area contributed by atoms with Gasteiger partial charge in [0.05, 0.1) is 42.7 Å². The number of aromatic nitrogens is 1. The molecule has 1 N–H and O–H groups in total. The van der Waals surface area contributed by atoms with Gasteiger partial charge in [-0.05, 0) is 73.5 Å². The number of rotatable bonds is 6. The highest BCUT2D eigenvalue weighted by atomic mass is 16.5. The van der Waals surface area contributed by atoms with Gasteiger partial charge in [-0.1, -0.05) is 0 Å². The summed E-state index contributed by atoms with van der Waals surface area (Å²) in [6, 6.07) is 17.2. The topological polar surface area (TPSA) is 105 Å². The molecule has 0 bridgehead atoms. The number of carboxylic acid groups (broad SMARTS) is 1. The molecule has 35 heavy (non-hydrogen) atoms. The van der Waals surface area contributed by atoms with E-state index in [9.17, 15) is 9.90 Å². The average Bonchev–Trinajstić information content (AvgIpc) is 2.87. The fourth-order valence-corrected chi connectivity index (χ4v) is 3.83. The third-order valence-corrected chi connectivity index (χ3v) is 5.82. The van der Waals surface area contributed by atoms with E-state index in [1.54, 1.807) is 68.9 Å². The van der Waals surface area contributed by atoms with Crippen LogP contribution in [0.2, 0.25) is 0 Å². The highest BCUT2D eigenvalue weighted by Crippen LogP contribution is 2.40. The minimum absolute atomic E-state index is 0.439. The zero-order valence-electron chi connectivity index (χ0n) is 19.7. The van der Waals surface area contributed by atoms with Crippen molar-refractivity contribution in [1.82, 2.24) is 4.98 Å². The average molecular weight is 469 g/mol. The Balaban J connectivity index is 1.74. The second-order valence-electron chi connectivity index (χ2n) is 7.74. The Labute approximate surface area is 202 Å². The Morgan fingerprint density at radius 2 is 1.60 bits per heavy atom. The minimum Gasteiger partial charge on any atom is -0.493 e. The molecule has 0 saturated carbocycles. The van der Waals surface area contributed by atoms with Crippen molar-refractivity contribution in [3.63, 3.8) is 0 Å². The van der Waals surface area contributed by atoms with E-state index in [-0.39, 0.29) is 0 Å². The highest BCUT2D eigenvalue weighted by molar-refractivity contribution is 5.96. The molecule has 0 saturated heterocycles. The van der Waals surface area contributed by atoms with Crippen molar-refractivity contribution in [2.24, 2.45) is 0 Å². The van der Waals surface area contributed by atoms with Crippen LogP contribution in [0.5, 0.6) is 23.0 Å². The fourth-order valence-electron chi connectivity index (χ4n) is 3.83. The van der Waals surface area contributed by atoms with E-state index in [4.69, 9.17) is 19.5 Å². The van der Waals surface area contributed by atoms with Crippen molar-refractivity contribution < 1.29 is 24.1 Å². The van der Waals surface area contributed by atoms with Crippen LogP contribution in [0, 0.1) is 25.2 Å². The molecule has 1 heterocycles. The SMILES string of the molecule is COc1cc2nccc(Oc3ccc(N(C(=O)O)c4ccc(C#N)cc4)c(C)c3C)c2cc1OC. The summed E-state index contributed by atoms with van der Waals surface area (Å²) in [5.41, 5.74) is 3.60. The second-order valence-corrected chi connectivity index (χ2v) is 7.74. The van der Waals surface area contributed by atoms with E-state index in [2.05, 4.69) is 4.98 Å². The Morgan fingerprint density at radius 3 is 2.23 bits per heavy atom. The van der Waals surface area contributed by atoms with Crippen LogP contribution in [0.1, 0.15) is 16.7 Å². The number of benzene rings is 3. The first-order valence-electron chi connectivity index (χ1n) is 10.7. The van der Waals surface area contributed by atoms with Gasteiger partial charge in [0, 0.05) is 17.6 Å². The Kier molecular flexibility index (Phi) is 6.42. The van der Waals surface area contributed by atoms with Crippen LogP contribution in [0.25, 0.3) is 10.9 Å². The molecule has 1 aromatic heterocycles.